The van der Waals surface area contributed by atoms with Gasteiger partial charge in [0.1, 0.15) is 0 Å². The molecule has 0 N–H and O–H groups in total. The van der Waals surface area contributed by atoms with E-state index in [1.165, 1.54) is 17.6 Å². The third kappa shape index (κ3) is 2.90. The molecule has 0 aliphatic carbocycles. The number of hydrogen-bond acceptors (Lipinski definition) is 3. The summed E-state index contributed by atoms with van der Waals surface area (Å²) in [5, 5.41) is 14.0. The summed E-state index contributed by atoms with van der Waals surface area (Å²) in [5.74, 6) is -0.162. The number of carbonyl (C=O) groups excluding carboxylic acids is 1. The Morgan fingerprint density at radius 3 is 2.47 bits per heavy atom. The molecule has 1 heterocycles. The molecular weight excluding hydrogens is 258 g/mol. The minimum Gasteiger partial charge on any atom is -0.623 e. The first-order valence-electron chi connectivity index (χ1n) is 5.96. The largest absolute Gasteiger partial charge is 0.623 e. The van der Waals surface area contributed by atoms with Gasteiger partial charge in [-0.1, -0.05) is 24.3 Å². The number of benzene rings is 1. The maximum absolute atomic E-state index is 12.3. The fourth-order valence-corrected chi connectivity index (χ4v) is 2.46. The molecule has 0 aliphatic rings. The number of ketones is 1. The van der Waals surface area contributed by atoms with E-state index in [-0.39, 0.29) is 5.78 Å². The van der Waals surface area contributed by atoms with Gasteiger partial charge in [0.15, 0.2) is 6.21 Å². The number of Topliss-reactive ketones (excluding diaryl/α,β-unsaturated/α-hetero) is 1. The summed E-state index contributed by atoms with van der Waals surface area (Å²) in [5.41, 5.74) is -0.328. The Labute approximate surface area is 116 Å². The molecule has 4 heteroatoms. The van der Waals surface area contributed by atoms with Crippen LogP contribution in [0.2, 0.25) is 0 Å². The van der Waals surface area contributed by atoms with Crippen LogP contribution in [-0.2, 0) is 0 Å². The van der Waals surface area contributed by atoms with E-state index in [9.17, 15) is 10.0 Å². The Morgan fingerprint density at radius 1 is 1.21 bits per heavy atom. The Kier molecular flexibility index (Phi) is 3.81. The SMILES string of the molecule is CC(C)(C(=O)c1cccs1)/[N+]([O-])=C/c1ccccc1. The highest BCUT2D eigenvalue weighted by Gasteiger charge is 2.37. The maximum Gasteiger partial charge on any atom is 0.243 e. The van der Waals surface area contributed by atoms with Gasteiger partial charge < -0.3 is 5.21 Å². The van der Waals surface area contributed by atoms with Gasteiger partial charge >= 0.3 is 0 Å². The van der Waals surface area contributed by atoms with E-state index >= 15 is 0 Å². The van der Waals surface area contributed by atoms with Gasteiger partial charge in [0.05, 0.1) is 4.88 Å². The fourth-order valence-electron chi connectivity index (χ4n) is 1.65. The molecule has 0 amide bonds. The van der Waals surface area contributed by atoms with Crippen molar-refractivity contribution in [3.05, 3.63) is 63.5 Å². The average Bonchev–Trinajstić information content (AvgIpc) is 2.92. The maximum atomic E-state index is 12.3. The number of hydrogen-bond donors (Lipinski definition) is 0. The normalized spacial score (nSPS) is 12.4. The first-order valence-corrected chi connectivity index (χ1v) is 6.84. The quantitative estimate of drug-likeness (QED) is 0.282. The number of hydroxylamine groups is 1. The molecule has 1 aromatic heterocycles. The highest BCUT2D eigenvalue weighted by molar-refractivity contribution is 7.12. The van der Waals surface area contributed by atoms with Crippen molar-refractivity contribution in [2.45, 2.75) is 19.4 Å². The summed E-state index contributed by atoms with van der Waals surface area (Å²) in [6, 6.07) is 12.8. The monoisotopic (exact) mass is 273 g/mol. The lowest BCUT2D eigenvalue weighted by Gasteiger charge is -2.21. The molecule has 98 valence electrons. The van der Waals surface area contributed by atoms with Gasteiger partial charge in [0.2, 0.25) is 11.3 Å². The van der Waals surface area contributed by atoms with Crippen molar-refractivity contribution in [1.82, 2.24) is 0 Å². The number of nitrogens with zero attached hydrogens (tertiary/aromatic N) is 1. The zero-order chi connectivity index (χ0) is 13.9. The lowest BCUT2D eigenvalue weighted by molar-refractivity contribution is -0.515. The second kappa shape index (κ2) is 5.36. The van der Waals surface area contributed by atoms with Gasteiger partial charge in [-0.25, -0.2) is 0 Å². The molecule has 0 spiro atoms. The third-order valence-corrected chi connectivity index (χ3v) is 3.79. The van der Waals surface area contributed by atoms with Crippen LogP contribution in [0.25, 0.3) is 0 Å². The molecule has 0 saturated carbocycles. The first-order chi connectivity index (χ1) is 9.01. The molecule has 0 atom stereocenters. The van der Waals surface area contributed by atoms with Gasteiger partial charge in [0.25, 0.3) is 0 Å². The summed E-state index contributed by atoms with van der Waals surface area (Å²) in [6.07, 6.45) is 1.45. The average molecular weight is 273 g/mol. The fraction of sp³-hybridized carbons (Fsp3) is 0.200. The molecule has 0 fully saturated rings. The molecule has 2 rings (SSSR count). The van der Waals surface area contributed by atoms with E-state index in [4.69, 9.17) is 0 Å². The van der Waals surface area contributed by atoms with Crippen LogP contribution < -0.4 is 0 Å². The van der Waals surface area contributed by atoms with Crippen molar-refractivity contribution in [2.24, 2.45) is 0 Å². The molecular formula is C15H15NO2S. The third-order valence-electron chi connectivity index (χ3n) is 2.92. The van der Waals surface area contributed by atoms with Gasteiger partial charge in [-0.15, -0.1) is 11.3 Å². The van der Waals surface area contributed by atoms with Crippen LogP contribution in [0, 0.1) is 5.21 Å². The van der Waals surface area contributed by atoms with Crippen molar-refractivity contribution in [2.75, 3.05) is 0 Å². The van der Waals surface area contributed by atoms with Crippen molar-refractivity contribution >= 4 is 23.3 Å². The number of carbonyl (C=O) groups is 1. The zero-order valence-electron chi connectivity index (χ0n) is 10.9. The van der Waals surface area contributed by atoms with Crippen LogP contribution >= 0.6 is 11.3 Å². The van der Waals surface area contributed by atoms with E-state index in [0.29, 0.717) is 4.88 Å². The molecule has 19 heavy (non-hydrogen) atoms. The molecule has 0 aliphatic heterocycles. The second-order valence-electron chi connectivity index (χ2n) is 4.73. The van der Waals surface area contributed by atoms with E-state index in [2.05, 4.69) is 0 Å². The summed E-state index contributed by atoms with van der Waals surface area (Å²) < 4.78 is 0.727. The van der Waals surface area contributed by atoms with E-state index in [1.807, 2.05) is 41.8 Å². The van der Waals surface area contributed by atoms with Crippen molar-refractivity contribution < 1.29 is 9.53 Å². The molecule has 0 unspecified atom stereocenters. The topological polar surface area (TPSA) is 43.1 Å². The second-order valence-corrected chi connectivity index (χ2v) is 5.68. The van der Waals surface area contributed by atoms with Gasteiger partial charge in [-0.2, -0.15) is 4.74 Å². The molecule has 0 bridgehead atoms. The lowest BCUT2D eigenvalue weighted by Crippen LogP contribution is -2.41. The Bertz CT molecular complexity index is 586. The predicted octanol–water partition coefficient (Wildman–Crippen LogP) is 3.34. The summed E-state index contributed by atoms with van der Waals surface area (Å²) >= 11 is 1.35. The predicted molar refractivity (Wildman–Crippen MR) is 78.0 cm³/mol. The van der Waals surface area contributed by atoms with E-state index in [0.717, 1.165) is 10.3 Å². The van der Waals surface area contributed by atoms with Crippen LogP contribution in [0.3, 0.4) is 0 Å². The zero-order valence-corrected chi connectivity index (χ0v) is 11.7. The van der Waals surface area contributed by atoms with E-state index in [1.54, 1.807) is 19.9 Å². The lowest BCUT2D eigenvalue weighted by atomic mass is 9.98. The minimum atomic E-state index is -1.11. The highest BCUT2D eigenvalue weighted by Crippen LogP contribution is 2.20. The minimum absolute atomic E-state index is 0.162. The van der Waals surface area contributed by atoms with Crippen molar-refractivity contribution in [3.63, 3.8) is 0 Å². The van der Waals surface area contributed by atoms with Crippen LogP contribution in [0.4, 0.5) is 0 Å². The van der Waals surface area contributed by atoms with Gasteiger partial charge in [0, 0.05) is 19.4 Å². The summed E-state index contributed by atoms with van der Waals surface area (Å²) in [4.78, 5) is 12.9. The Balaban J connectivity index is 2.29. The van der Waals surface area contributed by atoms with Crippen molar-refractivity contribution in [1.29, 1.82) is 0 Å². The first kappa shape index (κ1) is 13.5. The molecule has 1 aromatic carbocycles. The summed E-state index contributed by atoms with van der Waals surface area (Å²) in [7, 11) is 0. The van der Waals surface area contributed by atoms with Crippen LogP contribution in [0.5, 0.6) is 0 Å². The van der Waals surface area contributed by atoms with Crippen LogP contribution in [-0.4, -0.2) is 22.3 Å². The smallest absolute Gasteiger partial charge is 0.243 e. The van der Waals surface area contributed by atoms with Gasteiger partial charge in [-0.05, 0) is 23.6 Å². The van der Waals surface area contributed by atoms with Crippen LogP contribution in [0.15, 0.2) is 47.8 Å². The standard InChI is InChI=1S/C15H15NO2S/c1-15(2,14(17)13-9-6-10-19-13)16(18)11-12-7-4-3-5-8-12/h3-11H,1-2H3/b16-11-. The highest BCUT2D eigenvalue weighted by atomic mass is 32.1. The van der Waals surface area contributed by atoms with E-state index < -0.39 is 5.54 Å². The number of thiophene rings is 1. The van der Waals surface area contributed by atoms with Gasteiger partial charge in [-0.3, -0.25) is 4.79 Å². The molecule has 0 radical (unpaired) electrons. The molecule has 0 saturated heterocycles. The van der Waals surface area contributed by atoms with Crippen molar-refractivity contribution in [3.8, 4) is 0 Å². The Morgan fingerprint density at radius 2 is 1.89 bits per heavy atom. The molecule has 3 nitrogen and oxygen atoms in total. The summed E-state index contributed by atoms with van der Waals surface area (Å²) in [6.45, 7) is 3.28. The number of rotatable bonds is 4. The Hall–Kier alpha value is -1.94. The van der Waals surface area contributed by atoms with Crippen LogP contribution in [0.1, 0.15) is 29.1 Å². The molecule has 2 aromatic rings.